The van der Waals surface area contributed by atoms with Crippen LogP contribution in [0.5, 0.6) is 0 Å². The number of aliphatic hydroxyl groups is 1. The standard InChI is InChI=1S/C26H28N2O6/c29-17(12-23(30)28-11-5-6-16-13-26(16,28)24(31)32)14-27-25(33)34-15-22-20-9-3-1-7-18(20)19-8-2-4-10-21(19)22/h1-4,7-10,16-17,22,29H,5-6,11-15H2,(H,27,33)(H,31,32)/t16-,17?,26+/m1/s1. The minimum absolute atomic E-state index is 0.00112. The Morgan fingerprint density at radius 2 is 1.74 bits per heavy atom. The van der Waals surface area contributed by atoms with E-state index in [0.717, 1.165) is 35.1 Å². The maximum atomic E-state index is 12.7. The predicted molar refractivity (Wildman–Crippen MR) is 123 cm³/mol. The lowest BCUT2D eigenvalue weighted by Crippen LogP contribution is -2.52. The Balaban J connectivity index is 1.12. The molecule has 2 aromatic rings. The molecule has 1 heterocycles. The van der Waals surface area contributed by atoms with Crippen LogP contribution in [0.1, 0.15) is 42.7 Å². The van der Waals surface area contributed by atoms with Crippen LogP contribution in [0.2, 0.25) is 0 Å². The molecule has 1 unspecified atom stereocenters. The molecule has 0 spiro atoms. The first kappa shape index (κ1) is 22.4. The number of nitrogens with one attached hydrogen (secondary N) is 1. The van der Waals surface area contributed by atoms with E-state index < -0.39 is 29.6 Å². The Morgan fingerprint density at radius 3 is 2.38 bits per heavy atom. The van der Waals surface area contributed by atoms with Crippen molar-refractivity contribution in [3.05, 3.63) is 59.7 Å². The van der Waals surface area contributed by atoms with Crippen LogP contribution >= 0.6 is 0 Å². The first-order chi connectivity index (χ1) is 16.4. The second kappa shape index (κ2) is 8.76. The van der Waals surface area contributed by atoms with Gasteiger partial charge in [-0.25, -0.2) is 9.59 Å². The van der Waals surface area contributed by atoms with Crippen LogP contribution in [-0.2, 0) is 14.3 Å². The number of carboxylic acids is 1. The fourth-order valence-corrected chi connectivity index (χ4v) is 5.64. The lowest BCUT2D eigenvalue weighted by Gasteiger charge is -2.34. The number of rotatable bonds is 7. The minimum Gasteiger partial charge on any atom is -0.479 e. The van der Waals surface area contributed by atoms with E-state index in [9.17, 15) is 24.6 Å². The molecule has 1 saturated carbocycles. The molecule has 0 bridgehead atoms. The molecule has 3 N–H and O–H groups in total. The van der Waals surface area contributed by atoms with Gasteiger partial charge in [-0.3, -0.25) is 4.79 Å². The van der Waals surface area contributed by atoms with Gasteiger partial charge in [-0.2, -0.15) is 0 Å². The van der Waals surface area contributed by atoms with Crippen LogP contribution in [-0.4, -0.2) is 64.4 Å². The number of alkyl carbamates (subject to hydrolysis) is 1. The smallest absolute Gasteiger partial charge is 0.407 e. The molecule has 2 fully saturated rings. The van der Waals surface area contributed by atoms with Crippen LogP contribution in [0.4, 0.5) is 4.79 Å². The number of aliphatic carboxylic acids is 1. The van der Waals surface area contributed by atoms with Crippen molar-refractivity contribution >= 4 is 18.0 Å². The molecule has 3 aliphatic rings. The molecule has 2 amide bonds. The minimum atomic E-state index is -1.13. The number of hydrogen-bond donors (Lipinski definition) is 3. The number of benzene rings is 2. The highest BCUT2D eigenvalue weighted by Gasteiger charge is 2.66. The van der Waals surface area contributed by atoms with E-state index in [1.54, 1.807) is 0 Å². The summed E-state index contributed by atoms with van der Waals surface area (Å²) in [4.78, 5) is 38.1. The van der Waals surface area contributed by atoms with E-state index in [0.29, 0.717) is 13.0 Å². The highest BCUT2D eigenvalue weighted by molar-refractivity contribution is 5.91. The predicted octanol–water partition coefficient (Wildman–Crippen LogP) is 2.74. The summed E-state index contributed by atoms with van der Waals surface area (Å²) in [7, 11) is 0. The Hall–Kier alpha value is -3.39. The molecule has 0 aromatic heterocycles. The van der Waals surface area contributed by atoms with Crippen molar-refractivity contribution < 1.29 is 29.3 Å². The van der Waals surface area contributed by atoms with Gasteiger partial charge >= 0.3 is 12.1 Å². The lowest BCUT2D eigenvalue weighted by atomic mass is 9.98. The zero-order chi connectivity index (χ0) is 23.9. The van der Waals surface area contributed by atoms with Gasteiger partial charge in [-0.05, 0) is 47.4 Å². The number of likely N-dealkylation sites (tertiary alicyclic amines) is 1. The average molecular weight is 465 g/mol. The molecule has 8 nitrogen and oxygen atoms in total. The Morgan fingerprint density at radius 1 is 1.09 bits per heavy atom. The highest BCUT2D eigenvalue weighted by atomic mass is 16.5. The van der Waals surface area contributed by atoms with E-state index in [4.69, 9.17) is 4.74 Å². The summed E-state index contributed by atoms with van der Waals surface area (Å²) in [5.74, 6) is -1.44. The van der Waals surface area contributed by atoms with Gasteiger partial charge in [0.15, 0.2) is 0 Å². The maximum absolute atomic E-state index is 12.7. The summed E-state index contributed by atoms with van der Waals surface area (Å²) in [5, 5.41) is 22.4. The van der Waals surface area contributed by atoms with Crippen molar-refractivity contribution in [3.63, 3.8) is 0 Å². The lowest BCUT2D eigenvalue weighted by molar-refractivity contribution is -0.155. The van der Waals surface area contributed by atoms with Gasteiger partial charge < -0.3 is 25.2 Å². The topological polar surface area (TPSA) is 116 Å². The summed E-state index contributed by atoms with van der Waals surface area (Å²) in [6.45, 7) is 0.388. The molecule has 2 aliphatic carbocycles. The maximum Gasteiger partial charge on any atom is 0.407 e. The second-order valence-electron chi connectivity index (χ2n) is 9.38. The van der Waals surface area contributed by atoms with Crippen molar-refractivity contribution in [3.8, 4) is 11.1 Å². The summed E-state index contributed by atoms with van der Waals surface area (Å²) in [6.07, 6.45) is 0.00304. The Kier molecular flexibility index (Phi) is 5.77. The van der Waals surface area contributed by atoms with Gasteiger partial charge in [0, 0.05) is 19.0 Å². The van der Waals surface area contributed by atoms with Gasteiger partial charge in [0.2, 0.25) is 5.91 Å². The first-order valence-electron chi connectivity index (χ1n) is 11.7. The number of carbonyl (C=O) groups is 3. The van der Waals surface area contributed by atoms with Gasteiger partial charge in [-0.15, -0.1) is 0 Å². The third kappa shape index (κ3) is 3.81. The number of amides is 2. The quantitative estimate of drug-likeness (QED) is 0.580. The molecule has 0 radical (unpaired) electrons. The number of nitrogens with zero attached hydrogens (tertiary/aromatic N) is 1. The number of ether oxygens (including phenoxy) is 1. The van der Waals surface area contributed by atoms with Gasteiger partial charge in [0.1, 0.15) is 12.1 Å². The number of piperidine rings is 1. The van der Waals surface area contributed by atoms with E-state index in [-0.39, 0.29) is 31.4 Å². The van der Waals surface area contributed by atoms with Crippen molar-refractivity contribution in [2.75, 3.05) is 19.7 Å². The number of hydrogen-bond acceptors (Lipinski definition) is 5. The molecular weight excluding hydrogens is 436 g/mol. The molecule has 5 rings (SSSR count). The summed E-state index contributed by atoms with van der Waals surface area (Å²) >= 11 is 0. The van der Waals surface area contributed by atoms with E-state index in [1.165, 1.54) is 4.90 Å². The van der Waals surface area contributed by atoms with Crippen molar-refractivity contribution in [1.82, 2.24) is 10.2 Å². The number of aliphatic hydroxyl groups excluding tert-OH is 1. The summed E-state index contributed by atoms with van der Waals surface area (Å²) < 4.78 is 5.45. The van der Waals surface area contributed by atoms with Crippen molar-refractivity contribution in [2.45, 2.75) is 43.2 Å². The molecule has 1 aliphatic heterocycles. The fourth-order valence-electron chi connectivity index (χ4n) is 5.64. The molecule has 178 valence electrons. The second-order valence-corrected chi connectivity index (χ2v) is 9.38. The summed E-state index contributed by atoms with van der Waals surface area (Å²) in [6, 6.07) is 16.1. The average Bonchev–Trinajstić information content (AvgIpc) is 3.52. The Labute approximate surface area is 197 Å². The molecule has 3 atom stereocenters. The zero-order valence-corrected chi connectivity index (χ0v) is 18.8. The largest absolute Gasteiger partial charge is 0.479 e. The van der Waals surface area contributed by atoms with Crippen LogP contribution in [0, 0.1) is 5.92 Å². The van der Waals surface area contributed by atoms with Crippen LogP contribution in [0.25, 0.3) is 11.1 Å². The van der Waals surface area contributed by atoms with Gasteiger partial charge in [0.05, 0.1) is 12.5 Å². The number of fused-ring (bicyclic) bond motifs is 4. The first-order valence-corrected chi connectivity index (χ1v) is 11.7. The number of carboxylic acid groups (broad SMARTS) is 1. The third-order valence-electron chi connectivity index (χ3n) is 7.40. The molecule has 34 heavy (non-hydrogen) atoms. The zero-order valence-electron chi connectivity index (χ0n) is 18.8. The molecule has 2 aromatic carbocycles. The monoisotopic (exact) mass is 464 g/mol. The third-order valence-corrected chi connectivity index (χ3v) is 7.40. The van der Waals surface area contributed by atoms with Crippen molar-refractivity contribution in [1.29, 1.82) is 0 Å². The van der Waals surface area contributed by atoms with E-state index >= 15 is 0 Å². The van der Waals surface area contributed by atoms with Crippen LogP contribution in [0.3, 0.4) is 0 Å². The Bertz CT molecular complexity index is 1090. The van der Waals surface area contributed by atoms with Crippen molar-refractivity contribution in [2.24, 2.45) is 5.92 Å². The van der Waals surface area contributed by atoms with Gasteiger partial charge in [0.25, 0.3) is 0 Å². The van der Waals surface area contributed by atoms with Crippen LogP contribution < -0.4 is 5.32 Å². The SMILES string of the molecule is O=C(NCC(O)CC(=O)N1CCC[C@@H]2C[C@@]21C(=O)O)OCC1c2ccccc2-c2ccccc21. The van der Waals surface area contributed by atoms with Gasteiger partial charge in [-0.1, -0.05) is 48.5 Å². The van der Waals surface area contributed by atoms with E-state index in [2.05, 4.69) is 17.4 Å². The molecule has 8 heteroatoms. The number of carbonyl (C=O) groups excluding carboxylic acids is 2. The molecular formula is C26H28N2O6. The fraction of sp³-hybridized carbons (Fsp3) is 0.423. The highest BCUT2D eigenvalue weighted by Crippen LogP contribution is 2.54. The van der Waals surface area contributed by atoms with E-state index in [1.807, 2.05) is 36.4 Å². The normalized spacial score (nSPS) is 23.3. The summed E-state index contributed by atoms with van der Waals surface area (Å²) in [5.41, 5.74) is 3.38. The van der Waals surface area contributed by atoms with Crippen LogP contribution in [0.15, 0.2) is 48.5 Å². The molecule has 1 saturated heterocycles.